The lowest BCUT2D eigenvalue weighted by Crippen LogP contribution is -2.08. The van der Waals surface area contributed by atoms with E-state index < -0.39 is 0 Å². The number of hydrogen-bond acceptors (Lipinski definition) is 2. The van der Waals surface area contributed by atoms with Crippen molar-refractivity contribution < 1.29 is 0 Å². The van der Waals surface area contributed by atoms with Gasteiger partial charge in [0.25, 0.3) is 0 Å². The molecule has 0 aliphatic rings. The van der Waals surface area contributed by atoms with Crippen molar-refractivity contribution in [1.82, 2.24) is 9.88 Å². The molecule has 2 rings (SSSR count). The van der Waals surface area contributed by atoms with Crippen LogP contribution in [0.15, 0.2) is 30.5 Å². The van der Waals surface area contributed by atoms with Crippen molar-refractivity contribution in [2.24, 2.45) is 0 Å². The zero-order valence-electron chi connectivity index (χ0n) is 12.0. The molecular formula is C16H24N2S. The minimum absolute atomic E-state index is 1.09. The first-order valence-corrected chi connectivity index (χ1v) is 8.46. The predicted octanol–water partition coefficient (Wildman–Crippen LogP) is 3.55. The largest absolute Gasteiger partial charge is 0.347 e. The van der Waals surface area contributed by atoms with E-state index in [9.17, 15) is 0 Å². The second-order valence-corrected chi connectivity index (χ2v) is 5.90. The molecule has 0 bridgehead atoms. The molecule has 1 aromatic heterocycles. The average Bonchev–Trinajstić information content (AvgIpc) is 2.79. The second-order valence-electron chi connectivity index (χ2n) is 4.92. The van der Waals surface area contributed by atoms with Gasteiger partial charge in [0.15, 0.2) is 0 Å². The van der Waals surface area contributed by atoms with Gasteiger partial charge in [0.2, 0.25) is 0 Å². The summed E-state index contributed by atoms with van der Waals surface area (Å²) in [5.41, 5.74) is 2.89. The van der Waals surface area contributed by atoms with E-state index in [4.69, 9.17) is 0 Å². The Hall–Kier alpha value is -0.930. The number of aromatic nitrogens is 1. The van der Waals surface area contributed by atoms with Crippen LogP contribution in [0.1, 0.15) is 18.4 Å². The van der Waals surface area contributed by atoms with E-state index in [1.807, 2.05) is 18.8 Å². The lowest BCUT2D eigenvalue weighted by atomic mass is 10.1. The molecule has 2 nitrogen and oxygen atoms in total. The van der Waals surface area contributed by atoms with Crippen LogP contribution < -0.4 is 5.32 Å². The van der Waals surface area contributed by atoms with E-state index in [1.54, 1.807) is 0 Å². The van der Waals surface area contributed by atoms with E-state index in [0.29, 0.717) is 0 Å². The summed E-state index contributed by atoms with van der Waals surface area (Å²) < 4.78 is 2.43. The van der Waals surface area contributed by atoms with E-state index in [-0.39, 0.29) is 0 Å². The maximum absolute atomic E-state index is 3.23. The van der Waals surface area contributed by atoms with Gasteiger partial charge in [-0.2, -0.15) is 11.8 Å². The van der Waals surface area contributed by atoms with Crippen molar-refractivity contribution in [3.8, 4) is 0 Å². The number of benzene rings is 1. The molecule has 0 aliphatic heterocycles. The van der Waals surface area contributed by atoms with Gasteiger partial charge in [-0.1, -0.05) is 18.2 Å². The summed E-state index contributed by atoms with van der Waals surface area (Å²) in [6, 6.07) is 8.80. The molecule has 0 unspecified atom stereocenters. The highest BCUT2D eigenvalue weighted by Gasteiger charge is 2.07. The van der Waals surface area contributed by atoms with Crippen LogP contribution in [0.25, 0.3) is 10.9 Å². The summed E-state index contributed by atoms with van der Waals surface area (Å²) in [5.74, 6) is 1.24. The molecule has 0 saturated carbocycles. The standard InChI is InChI=1S/C16H24N2S/c1-17-10-5-7-14-13-18(11-6-12-19-2)16-9-4-3-8-15(14)16/h3-4,8-9,13,17H,5-7,10-12H2,1-2H3. The third-order valence-corrected chi connectivity index (χ3v) is 4.19. The highest BCUT2D eigenvalue weighted by Crippen LogP contribution is 2.23. The fraction of sp³-hybridized carbons (Fsp3) is 0.500. The molecule has 0 spiro atoms. The summed E-state index contributed by atoms with van der Waals surface area (Å²) in [6.07, 6.45) is 8.15. The first-order valence-electron chi connectivity index (χ1n) is 7.07. The monoisotopic (exact) mass is 276 g/mol. The molecule has 2 aromatic rings. The van der Waals surface area contributed by atoms with Crippen molar-refractivity contribution in [2.75, 3.05) is 25.6 Å². The Labute approximate surface area is 120 Å². The summed E-state index contributed by atoms with van der Waals surface area (Å²) in [6.45, 7) is 2.22. The Morgan fingerprint density at radius 2 is 2.05 bits per heavy atom. The molecule has 19 heavy (non-hydrogen) atoms. The fourth-order valence-corrected chi connectivity index (χ4v) is 2.96. The van der Waals surface area contributed by atoms with E-state index in [0.717, 1.165) is 19.5 Å². The first kappa shape index (κ1) is 14.5. The molecular weight excluding hydrogens is 252 g/mol. The Morgan fingerprint density at radius 3 is 2.84 bits per heavy atom. The number of fused-ring (bicyclic) bond motifs is 1. The Morgan fingerprint density at radius 1 is 1.21 bits per heavy atom. The number of thioether (sulfide) groups is 1. The van der Waals surface area contributed by atoms with Gasteiger partial charge in [0, 0.05) is 23.6 Å². The Bertz CT molecular complexity index is 460. The predicted molar refractivity (Wildman–Crippen MR) is 87.2 cm³/mol. The fourth-order valence-electron chi connectivity index (χ4n) is 2.54. The third-order valence-electron chi connectivity index (χ3n) is 3.49. The van der Waals surface area contributed by atoms with Crippen molar-refractivity contribution in [1.29, 1.82) is 0 Å². The molecule has 0 saturated heterocycles. The molecule has 0 aliphatic carbocycles. The van der Waals surface area contributed by atoms with Gasteiger partial charge in [0.1, 0.15) is 0 Å². The number of para-hydroxylation sites is 1. The van der Waals surface area contributed by atoms with Crippen molar-refractivity contribution in [2.45, 2.75) is 25.8 Å². The zero-order valence-corrected chi connectivity index (χ0v) is 12.8. The molecule has 104 valence electrons. The topological polar surface area (TPSA) is 17.0 Å². The normalized spacial score (nSPS) is 11.3. The lowest BCUT2D eigenvalue weighted by Gasteiger charge is -2.03. The van der Waals surface area contributed by atoms with Gasteiger partial charge < -0.3 is 9.88 Å². The summed E-state index contributed by atoms with van der Waals surface area (Å²) in [7, 11) is 2.02. The van der Waals surface area contributed by atoms with E-state index >= 15 is 0 Å². The molecule has 1 heterocycles. The van der Waals surface area contributed by atoms with Crippen LogP contribution in [0.4, 0.5) is 0 Å². The van der Waals surface area contributed by atoms with Gasteiger partial charge in [0.05, 0.1) is 0 Å². The highest BCUT2D eigenvalue weighted by atomic mass is 32.2. The molecule has 0 fully saturated rings. The second kappa shape index (κ2) is 7.61. The Kier molecular flexibility index (Phi) is 5.80. The van der Waals surface area contributed by atoms with Crippen molar-refractivity contribution in [3.63, 3.8) is 0 Å². The van der Waals surface area contributed by atoms with Gasteiger partial charge in [-0.15, -0.1) is 0 Å². The van der Waals surface area contributed by atoms with E-state index in [2.05, 4.69) is 46.6 Å². The first-order chi connectivity index (χ1) is 9.36. The minimum Gasteiger partial charge on any atom is -0.347 e. The summed E-state index contributed by atoms with van der Waals surface area (Å²) in [4.78, 5) is 0. The summed E-state index contributed by atoms with van der Waals surface area (Å²) >= 11 is 1.93. The smallest absolute Gasteiger partial charge is 0.0483 e. The number of hydrogen-bond donors (Lipinski definition) is 1. The van der Waals surface area contributed by atoms with Crippen molar-refractivity contribution >= 4 is 22.7 Å². The van der Waals surface area contributed by atoms with Crippen LogP contribution in [0.5, 0.6) is 0 Å². The lowest BCUT2D eigenvalue weighted by molar-refractivity contribution is 0.697. The van der Waals surface area contributed by atoms with Gasteiger partial charge >= 0.3 is 0 Å². The number of nitrogens with zero attached hydrogens (tertiary/aromatic N) is 1. The number of aryl methyl sites for hydroxylation is 2. The molecule has 0 atom stereocenters. The quantitative estimate of drug-likeness (QED) is 0.743. The highest BCUT2D eigenvalue weighted by molar-refractivity contribution is 7.98. The van der Waals surface area contributed by atoms with Gasteiger partial charge in [-0.3, -0.25) is 0 Å². The molecule has 1 aromatic carbocycles. The average molecular weight is 276 g/mol. The SMILES string of the molecule is CNCCCc1cn(CCCSC)c2ccccc12. The maximum Gasteiger partial charge on any atom is 0.0483 e. The molecule has 0 radical (unpaired) electrons. The third kappa shape index (κ3) is 3.77. The van der Waals surface area contributed by atoms with E-state index in [1.165, 1.54) is 35.1 Å². The minimum atomic E-state index is 1.09. The van der Waals surface area contributed by atoms with Crippen LogP contribution in [-0.2, 0) is 13.0 Å². The van der Waals surface area contributed by atoms with Crippen LogP contribution in [0, 0.1) is 0 Å². The molecule has 0 amide bonds. The summed E-state index contributed by atoms with van der Waals surface area (Å²) in [5, 5.41) is 4.66. The van der Waals surface area contributed by atoms with Crippen LogP contribution in [0.2, 0.25) is 0 Å². The Balaban J connectivity index is 2.16. The molecule has 1 N–H and O–H groups in total. The van der Waals surface area contributed by atoms with Gasteiger partial charge in [-0.05, 0) is 56.5 Å². The maximum atomic E-state index is 3.23. The van der Waals surface area contributed by atoms with Gasteiger partial charge in [-0.25, -0.2) is 0 Å². The zero-order chi connectivity index (χ0) is 13.5. The number of nitrogens with one attached hydrogen (secondary N) is 1. The van der Waals surface area contributed by atoms with Crippen molar-refractivity contribution in [3.05, 3.63) is 36.0 Å². The number of rotatable bonds is 8. The van der Waals surface area contributed by atoms with Crippen LogP contribution in [0.3, 0.4) is 0 Å². The van der Waals surface area contributed by atoms with Crippen LogP contribution >= 0.6 is 11.8 Å². The van der Waals surface area contributed by atoms with Crippen LogP contribution in [-0.4, -0.2) is 30.2 Å². The molecule has 3 heteroatoms.